The number of rotatable bonds is 7. The van der Waals surface area contributed by atoms with Gasteiger partial charge in [-0.15, -0.1) is 0 Å². The Labute approximate surface area is 173 Å². The second-order valence-corrected chi connectivity index (χ2v) is 7.05. The molecule has 2 heterocycles. The van der Waals surface area contributed by atoms with Gasteiger partial charge in [0.25, 0.3) is 0 Å². The quantitative estimate of drug-likeness (QED) is 0.509. The number of halogens is 1. The van der Waals surface area contributed by atoms with Crippen molar-refractivity contribution in [3.05, 3.63) is 90.1 Å². The van der Waals surface area contributed by atoms with Gasteiger partial charge in [-0.3, -0.25) is 4.79 Å². The standard InChI is InChI=1S/C22H20ClN5O/c23-19-8-6-17(7-9-19)22-18(15-28(26-22)20-4-2-1-3-5-20)14-21(29)25-11-13-27-12-10-24-16-27/h1-10,12,15-16H,11,13-14H2,(H,25,29). The van der Waals surface area contributed by atoms with E-state index < -0.39 is 0 Å². The summed E-state index contributed by atoms with van der Waals surface area (Å²) >= 11 is 6.03. The number of nitrogens with zero attached hydrogens (tertiary/aromatic N) is 4. The zero-order chi connectivity index (χ0) is 20.1. The Morgan fingerprint density at radius 3 is 2.59 bits per heavy atom. The number of para-hydroxylation sites is 1. The molecule has 0 fully saturated rings. The molecule has 0 unspecified atom stereocenters. The number of hydrogen-bond acceptors (Lipinski definition) is 3. The van der Waals surface area contributed by atoms with Gasteiger partial charge in [0.1, 0.15) is 0 Å². The summed E-state index contributed by atoms with van der Waals surface area (Å²) < 4.78 is 3.73. The van der Waals surface area contributed by atoms with Gasteiger partial charge in [0.05, 0.1) is 24.1 Å². The van der Waals surface area contributed by atoms with Crippen LogP contribution in [0.2, 0.25) is 5.02 Å². The Kier molecular flexibility index (Phi) is 5.72. The number of benzene rings is 2. The average molecular weight is 406 g/mol. The first-order valence-electron chi connectivity index (χ1n) is 9.31. The zero-order valence-electron chi connectivity index (χ0n) is 15.7. The first-order chi connectivity index (χ1) is 14.2. The number of imidazole rings is 1. The number of amides is 1. The maximum absolute atomic E-state index is 12.5. The monoisotopic (exact) mass is 405 g/mol. The normalized spacial score (nSPS) is 10.8. The fourth-order valence-corrected chi connectivity index (χ4v) is 3.21. The van der Waals surface area contributed by atoms with E-state index >= 15 is 0 Å². The maximum atomic E-state index is 12.5. The number of carbonyl (C=O) groups is 1. The smallest absolute Gasteiger partial charge is 0.224 e. The van der Waals surface area contributed by atoms with Crippen molar-refractivity contribution in [1.82, 2.24) is 24.6 Å². The molecule has 0 spiro atoms. The minimum atomic E-state index is -0.0482. The minimum Gasteiger partial charge on any atom is -0.354 e. The lowest BCUT2D eigenvalue weighted by atomic mass is 10.1. The molecule has 2 aromatic heterocycles. The molecule has 0 saturated carbocycles. The number of aromatic nitrogens is 4. The van der Waals surface area contributed by atoms with Crippen LogP contribution < -0.4 is 5.32 Å². The van der Waals surface area contributed by atoms with Crippen LogP contribution in [-0.4, -0.2) is 31.8 Å². The highest BCUT2D eigenvalue weighted by atomic mass is 35.5. The van der Waals surface area contributed by atoms with Crippen molar-refractivity contribution in [2.75, 3.05) is 6.54 Å². The summed E-state index contributed by atoms with van der Waals surface area (Å²) in [6.07, 6.45) is 7.48. The summed E-state index contributed by atoms with van der Waals surface area (Å²) in [7, 11) is 0. The molecular formula is C22H20ClN5O. The predicted octanol–water partition coefficient (Wildman–Crippen LogP) is 3.75. The van der Waals surface area contributed by atoms with Crippen LogP contribution in [0.5, 0.6) is 0 Å². The van der Waals surface area contributed by atoms with Crippen LogP contribution in [0.15, 0.2) is 79.5 Å². The van der Waals surface area contributed by atoms with Crippen LogP contribution in [0.25, 0.3) is 16.9 Å². The third kappa shape index (κ3) is 4.73. The lowest BCUT2D eigenvalue weighted by Gasteiger charge is -2.06. The van der Waals surface area contributed by atoms with Crippen LogP contribution in [0.4, 0.5) is 0 Å². The van der Waals surface area contributed by atoms with E-state index in [2.05, 4.69) is 10.3 Å². The third-order valence-electron chi connectivity index (χ3n) is 4.53. The fourth-order valence-electron chi connectivity index (χ4n) is 3.08. The Morgan fingerprint density at radius 2 is 1.86 bits per heavy atom. The molecule has 0 bridgehead atoms. The molecular weight excluding hydrogens is 386 g/mol. The lowest BCUT2D eigenvalue weighted by molar-refractivity contribution is -0.120. The molecule has 0 aliphatic carbocycles. The first kappa shape index (κ1) is 19.0. The molecule has 0 saturated heterocycles. The summed E-state index contributed by atoms with van der Waals surface area (Å²) in [5.41, 5.74) is 3.49. The zero-order valence-corrected chi connectivity index (χ0v) is 16.5. The third-order valence-corrected chi connectivity index (χ3v) is 4.78. The van der Waals surface area contributed by atoms with Crippen LogP contribution >= 0.6 is 11.6 Å². The molecule has 2 aromatic carbocycles. The molecule has 1 N–H and O–H groups in total. The highest BCUT2D eigenvalue weighted by molar-refractivity contribution is 6.30. The van der Waals surface area contributed by atoms with Crippen molar-refractivity contribution in [1.29, 1.82) is 0 Å². The van der Waals surface area contributed by atoms with Gasteiger partial charge in [-0.2, -0.15) is 5.10 Å². The van der Waals surface area contributed by atoms with Crippen molar-refractivity contribution in [3.8, 4) is 16.9 Å². The molecule has 4 rings (SSSR count). The molecule has 0 aliphatic rings. The van der Waals surface area contributed by atoms with E-state index in [1.54, 1.807) is 17.2 Å². The van der Waals surface area contributed by atoms with Crippen molar-refractivity contribution < 1.29 is 4.79 Å². The van der Waals surface area contributed by atoms with E-state index in [9.17, 15) is 4.79 Å². The van der Waals surface area contributed by atoms with Crippen molar-refractivity contribution in [2.45, 2.75) is 13.0 Å². The second kappa shape index (κ2) is 8.75. The van der Waals surface area contributed by atoms with Gasteiger partial charge in [0.2, 0.25) is 5.91 Å². The van der Waals surface area contributed by atoms with Crippen LogP contribution in [0.1, 0.15) is 5.56 Å². The summed E-state index contributed by atoms with van der Waals surface area (Å²) in [5, 5.41) is 8.36. The van der Waals surface area contributed by atoms with Crippen molar-refractivity contribution in [2.24, 2.45) is 0 Å². The molecule has 146 valence electrons. The Balaban J connectivity index is 1.54. The van der Waals surface area contributed by atoms with Crippen LogP contribution in [0, 0.1) is 0 Å². The number of hydrogen-bond donors (Lipinski definition) is 1. The average Bonchev–Trinajstić information content (AvgIpc) is 3.40. The van der Waals surface area contributed by atoms with E-state index in [0.717, 1.165) is 22.5 Å². The molecule has 7 heteroatoms. The highest BCUT2D eigenvalue weighted by Gasteiger charge is 2.15. The molecule has 6 nitrogen and oxygen atoms in total. The van der Waals surface area contributed by atoms with Gasteiger partial charge < -0.3 is 9.88 Å². The molecule has 4 aromatic rings. The Bertz CT molecular complexity index is 1070. The summed E-state index contributed by atoms with van der Waals surface area (Å²) in [4.78, 5) is 16.5. The summed E-state index contributed by atoms with van der Waals surface area (Å²) in [5.74, 6) is -0.0482. The SMILES string of the molecule is O=C(Cc1cn(-c2ccccc2)nc1-c1ccc(Cl)cc1)NCCn1ccnc1. The van der Waals surface area contributed by atoms with Crippen LogP contribution in [-0.2, 0) is 17.8 Å². The Hall–Kier alpha value is -3.38. The van der Waals surface area contributed by atoms with Crippen LogP contribution in [0.3, 0.4) is 0 Å². The van der Waals surface area contributed by atoms with E-state index in [1.807, 2.05) is 71.6 Å². The van der Waals surface area contributed by atoms with E-state index in [4.69, 9.17) is 16.7 Å². The van der Waals surface area contributed by atoms with Gasteiger partial charge >= 0.3 is 0 Å². The topological polar surface area (TPSA) is 64.7 Å². The van der Waals surface area contributed by atoms with Crippen molar-refractivity contribution in [3.63, 3.8) is 0 Å². The maximum Gasteiger partial charge on any atom is 0.224 e. The van der Waals surface area contributed by atoms with E-state index in [0.29, 0.717) is 18.1 Å². The van der Waals surface area contributed by atoms with Gasteiger partial charge in [-0.05, 0) is 24.3 Å². The molecule has 0 atom stereocenters. The number of nitrogens with one attached hydrogen (secondary N) is 1. The molecule has 0 aliphatic heterocycles. The van der Waals surface area contributed by atoms with E-state index in [-0.39, 0.29) is 12.3 Å². The van der Waals surface area contributed by atoms with Crippen molar-refractivity contribution >= 4 is 17.5 Å². The Morgan fingerprint density at radius 1 is 1.07 bits per heavy atom. The van der Waals surface area contributed by atoms with E-state index in [1.165, 1.54) is 0 Å². The van der Waals surface area contributed by atoms with Gasteiger partial charge in [-0.1, -0.05) is 41.9 Å². The van der Waals surface area contributed by atoms with Gasteiger partial charge in [0, 0.05) is 47.8 Å². The predicted molar refractivity (Wildman–Crippen MR) is 113 cm³/mol. The fraction of sp³-hybridized carbons (Fsp3) is 0.136. The molecule has 29 heavy (non-hydrogen) atoms. The molecule has 0 radical (unpaired) electrons. The molecule has 1 amide bonds. The highest BCUT2D eigenvalue weighted by Crippen LogP contribution is 2.25. The second-order valence-electron chi connectivity index (χ2n) is 6.62. The minimum absolute atomic E-state index is 0.0482. The summed E-state index contributed by atoms with van der Waals surface area (Å²) in [6, 6.07) is 17.3. The first-order valence-corrected chi connectivity index (χ1v) is 9.69. The lowest BCUT2D eigenvalue weighted by Crippen LogP contribution is -2.28. The van der Waals surface area contributed by atoms with Gasteiger partial charge in [-0.25, -0.2) is 9.67 Å². The summed E-state index contributed by atoms with van der Waals surface area (Å²) in [6.45, 7) is 1.22. The largest absolute Gasteiger partial charge is 0.354 e. The number of carbonyl (C=O) groups excluding carboxylic acids is 1. The van der Waals surface area contributed by atoms with Gasteiger partial charge in [0.15, 0.2) is 0 Å².